The van der Waals surface area contributed by atoms with Crippen molar-refractivity contribution in [1.29, 1.82) is 0 Å². The van der Waals surface area contributed by atoms with Gasteiger partial charge in [0.25, 0.3) is 5.91 Å². The van der Waals surface area contributed by atoms with E-state index in [1.54, 1.807) is 30.5 Å². The van der Waals surface area contributed by atoms with E-state index < -0.39 is 0 Å². The average molecular weight is 462 g/mol. The number of hydrogen-bond donors (Lipinski definition) is 1. The van der Waals surface area contributed by atoms with E-state index in [0.717, 1.165) is 24.9 Å². The van der Waals surface area contributed by atoms with Crippen LogP contribution >= 0.6 is 23.2 Å². The van der Waals surface area contributed by atoms with Gasteiger partial charge in [-0.15, -0.1) is 0 Å². The molecule has 0 saturated carbocycles. The van der Waals surface area contributed by atoms with E-state index in [1.807, 2.05) is 6.07 Å². The van der Waals surface area contributed by atoms with Crippen LogP contribution in [0.2, 0.25) is 10.0 Å². The number of carbonyl (C=O) groups is 1. The van der Waals surface area contributed by atoms with E-state index in [2.05, 4.69) is 49.2 Å². The van der Waals surface area contributed by atoms with Gasteiger partial charge in [-0.1, -0.05) is 43.1 Å². The third-order valence-electron chi connectivity index (χ3n) is 5.51. The van der Waals surface area contributed by atoms with Crippen LogP contribution in [-0.2, 0) is 4.79 Å². The van der Waals surface area contributed by atoms with Gasteiger partial charge in [-0.3, -0.25) is 4.79 Å². The summed E-state index contributed by atoms with van der Waals surface area (Å²) in [6.45, 7) is 9.83. The number of amides is 1. The Kier molecular flexibility index (Phi) is 7.50. The van der Waals surface area contributed by atoms with E-state index in [9.17, 15) is 4.79 Å². The maximum Gasteiger partial charge on any atom is 0.277 e. The summed E-state index contributed by atoms with van der Waals surface area (Å²) in [7, 11) is 0. The van der Waals surface area contributed by atoms with Gasteiger partial charge in [-0.25, -0.2) is 5.43 Å². The first-order valence-corrected chi connectivity index (χ1v) is 11.3. The average Bonchev–Trinajstić information content (AvgIpc) is 2.70. The fraction of sp³-hybridized carbons (Fsp3) is 0.417. The fourth-order valence-corrected chi connectivity index (χ4v) is 4.57. The number of carbonyl (C=O) groups excluding carboxylic acids is 1. The van der Waals surface area contributed by atoms with Crippen LogP contribution < -0.4 is 15.1 Å². The van der Waals surface area contributed by atoms with Crippen LogP contribution in [0.25, 0.3) is 0 Å². The minimum Gasteiger partial charge on any atom is -0.484 e. The van der Waals surface area contributed by atoms with Crippen molar-refractivity contribution in [1.82, 2.24) is 5.43 Å². The molecular formula is C24H29Cl2N3O2. The lowest BCUT2D eigenvalue weighted by atomic mass is 9.79. The number of benzene rings is 2. The van der Waals surface area contributed by atoms with Crippen molar-refractivity contribution < 1.29 is 9.53 Å². The van der Waals surface area contributed by atoms with Gasteiger partial charge in [0.2, 0.25) is 0 Å². The fourth-order valence-electron chi connectivity index (χ4n) is 4.18. The highest BCUT2D eigenvalue weighted by Gasteiger charge is 2.36. The molecule has 5 nitrogen and oxygen atoms in total. The Balaban J connectivity index is 1.69. The molecule has 0 aliphatic carbocycles. The summed E-state index contributed by atoms with van der Waals surface area (Å²) in [5.41, 5.74) is 5.78. The number of fused-ring (bicyclic) bond motifs is 1. The zero-order chi connectivity index (χ0) is 22.6. The van der Waals surface area contributed by atoms with Gasteiger partial charge in [0.05, 0.1) is 11.2 Å². The minimum atomic E-state index is -0.366. The quantitative estimate of drug-likeness (QED) is 0.404. The van der Waals surface area contributed by atoms with Gasteiger partial charge in [-0.2, -0.15) is 5.10 Å². The molecule has 1 N–H and O–H groups in total. The summed E-state index contributed by atoms with van der Waals surface area (Å²) in [5.74, 6) is 0.565. The largest absolute Gasteiger partial charge is 0.484 e. The molecule has 1 atom stereocenters. The van der Waals surface area contributed by atoms with Crippen molar-refractivity contribution in [3.63, 3.8) is 0 Å². The highest BCUT2D eigenvalue weighted by atomic mass is 35.5. The highest BCUT2D eigenvalue weighted by molar-refractivity contribution is 6.33. The first-order valence-electron chi connectivity index (χ1n) is 10.5. The second-order valence-corrected chi connectivity index (χ2v) is 9.38. The second-order valence-electron chi connectivity index (χ2n) is 8.54. The molecule has 1 aliphatic rings. The molecule has 7 heteroatoms. The van der Waals surface area contributed by atoms with Crippen molar-refractivity contribution in [2.24, 2.45) is 5.10 Å². The molecule has 0 radical (unpaired) electrons. The van der Waals surface area contributed by atoms with Gasteiger partial charge < -0.3 is 9.64 Å². The first-order chi connectivity index (χ1) is 14.7. The predicted molar refractivity (Wildman–Crippen MR) is 129 cm³/mol. The van der Waals surface area contributed by atoms with Crippen molar-refractivity contribution in [3.8, 4) is 5.75 Å². The van der Waals surface area contributed by atoms with Crippen molar-refractivity contribution >= 4 is 41.0 Å². The number of nitrogens with zero attached hydrogens (tertiary/aromatic N) is 2. The Labute approximate surface area is 194 Å². The maximum atomic E-state index is 12.0. The van der Waals surface area contributed by atoms with Gasteiger partial charge in [0.1, 0.15) is 5.75 Å². The van der Waals surface area contributed by atoms with Gasteiger partial charge in [-0.05, 0) is 68.5 Å². The molecule has 0 aromatic heterocycles. The van der Waals surface area contributed by atoms with Crippen LogP contribution in [0.1, 0.15) is 57.6 Å². The Bertz CT molecular complexity index is 975. The van der Waals surface area contributed by atoms with Gasteiger partial charge in [0.15, 0.2) is 6.61 Å². The van der Waals surface area contributed by atoms with E-state index >= 15 is 0 Å². The summed E-state index contributed by atoms with van der Waals surface area (Å²) in [6, 6.07) is 11.0. The molecule has 2 aromatic rings. The molecule has 1 amide bonds. The molecular weight excluding hydrogens is 433 g/mol. The monoisotopic (exact) mass is 461 g/mol. The minimum absolute atomic E-state index is 0.0817. The lowest BCUT2D eigenvalue weighted by Gasteiger charge is -2.47. The number of hydrazone groups is 1. The van der Waals surface area contributed by atoms with Crippen LogP contribution in [0.4, 0.5) is 5.69 Å². The summed E-state index contributed by atoms with van der Waals surface area (Å²) < 4.78 is 5.42. The summed E-state index contributed by atoms with van der Waals surface area (Å²) in [4.78, 5) is 14.5. The summed E-state index contributed by atoms with van der Waals surface area (Å²) in [6.07, 6.45) is 3.72. The predicted octanol–water partition coefficient (Wildman–Crippen LogP) is 6.02. The van der Waals surface area contributed by atoms with E-state index in [1.165, 1.54) is 11.3 Å². The number of halogens is 2. The number of nitrogens with one attached hydrogen (secondary N) is 1. The standard InChI is InChI=1S/C24H29Cl2N3O2/c1-5-9-29-22-12-21(26)17(10-20(22)16(2)13-24(29,3)4)14-27-28-23(30)15-31-19-8-6-7-18(25)11-19/h6-8,10-12,14,16H,5,9,13,15H2,1-4H3,(H,28,30)/b27-14+. The molecule has 0 bridgehead atoms. The highest BCUT2D eigenvalue weighted by Crippen LogP contribution is 2.45. The molecule has 0 spiro atoms. The van der Waals surface area contributed by atoms with Crippen LogP contribution in [0, 0.1) is 0 Å². The Hall–Kier alpha value is -2.24. The maximum absolute atomic E-state index is 12.0. The molecule has 1 aliphatic heterocycles. The lowest BCUT2D eigenvalue weighted by molar-refractivity contribution is -0.123. The molecule has 3 rings (SSSR count). The molecule has 1 heterocycles. The Morgan fingerprint density at radius 2 is 2.10 bits per heavy atom. The van der Waals surface area contributed by atoms with E-state index in [0.29, 0.717) is 21.7 Å². The third kappa shape index (κ3) is 5.72. The smallest absolute Gasteiger partial charge is 0.277 e. The Morgan fingerprint density at radius 1 is 1.32 bits per heavy atom. The molecule has 166 valence electrons. The van der Waals surface area contributed by atoms with Gasteiger partial charge in [0, 0.05) is 28.4 Å². The summed E-state index contributed by atoms with van der Waals surface area (Å²) >= 11 is 12.5. The number of hydrogen-bond acceptors (Lipinski definition) is 4. The molecule has 2 aromatic carbocycles. The second kappa shape index (κ2) is 9.92. The van der Waals surface area contributed by atoms with E-state index in [-0.39, 0.29) is 18.1 Å². The third-order valence-corrected chi connectivity index (χ3v) is 6.07. The van der Waals surface area contributed by atoms with Crippen LogP contribution in [-0.4, -0.2) is 30.8 Å². The lowest BCUT2D eigenvalue weighted by Crippen LogP contribution is -2.48. The first kappa shape index (κ1) is 23.4. The molecule has 0 saturated heterocycles. The topological polar surface area (TPSA) is 53.9 Å². The Morgan fingerprint density at radius 3 is 2.81 bits per heavy atom. The van der Waals surface area contributed by atoms with Crippen molar-refractivity contribution in [2.75, 3.05) is 18.1 Å². The van der Waals surface area contributed by atoms with Gasteiger partial charge >= 0.3 is 0 Å². The normalized spacial score (nSPS) is 17.5. The van der Waals surface area contributed by atoms with Crippen molar-refractivity contribution in [2.45, 2.75) is 52.0 Å². The number of rotatable bonds is 7. The molecule has 1 unspecified atom stereocenters. The molecule has 0 fully saturated rings. The number of anilines is 1. The van der Waals surface area contributed by atoms with E-state index in [4.69, 9.17) is 27.9 Å². The number of ether oxygens (including phenoxy) is 1. The summed E-state index contributed by atoms with van der Waals surface area (Å²) in [5, 5.41) is 5.22. The molecule has 31 heavy (non-hydrogen) atoms. The zero-order valence-corrected chi connectivity index (χ0v) is 19.9. The van der Waals surface area contributed by atoms with Crippen molar-refractivity contribution in [3.05, 3.63) is 57.6 Å². The SMILES string of the molecule is CCCN1c2cc(Cl)c(/C=N/NC(=O)COc3cccc(Cl)c3)cc2C(C)CC1(C)C. The van der Waals surface area contributed by atoms with Crippen LogP contribution in [0.15, 0.2) is 41.5 Å². The van der Waals surface area contributed by atoms with Crippen LogP contribution in [0.3, 0.4) is 0 Å². The zero-order valence-electron chi connectivity index (χ0n) is 18.4. The van der Waals surface area contributed by atoms with Crippen LogP contribution in [0.5, 0.6) is 5.75 Å².